The third-order valence-corrected chi connectivity index (χ3v) is 6.45. The minimum atomic E-state index is -3.26. The van der Waals surface area contributed by atoms with Crippen LogP contribution in [-0.2, 0) is 10.2 Å². The lowest BCUT2D eigenvalue weighted by molar-refractivity contribution is 0.160. The van der Waals surface area contributed by atoms with Crippen molar-refractivity contribution in [2.24, 2.45) is 5.73 Å². The van der Waals surface area contributed by atoms with E-state index in [0.717, 1.165) is 19.3 Å². The molecule has 2 aliphatic heterocycles. The maximum Gasteiger partial charge on any atom is 0.282 e. The van der Waals surface area contributed by atoms with Crippen molar-refractivity contribution in [2.75, 3.05) is 39.3 Å². The summed E-state index contributed by atoms with van der Waals surface area (Å²) in [7, 11) is -3.26. The Morgan fingerprint density at radius 2 is 1.60 bits per heavy atom. The molecule has 6 nitrogen and oxygen atoms in total. The Morgan fingerprint density at radius 3 is 2.05 bits per heavy atom. The second-order valence-electron chi connectivity index (χ2n) is 5.38. The lowest BCUT2D eigenvalue weighted by atomic mass is 10.1. The number of nitrogens with zero attached hydrogens (tertiary/aromatic N) is 3. The van der Waals surface area contributed by atoms with Gasteiger partial charge < -0.3 is 5.73 Å². The van der Waals surface area contributed by atoms with Crippen molar-refractivity contribution < 1.29 is 8.42 Å². The van der Waals surface area contributed by atoms with E-state index in [0.29, 0.717) is 44.3 Å². The van der Waals surface area contributed by atoms with Crippen molar-refractivity contribution in [1.29, 1.82) is 0 Å². The zero-order valence-corrected chi connectivity index (χ0v) is 13.6. The average Bonchev–Trinajstić information content (AvgIpc) is 2.94. The summed E-state index contributed by atoms with van der Waals surface area (Å²) in [6.45, 7) is 5.82. The van der Waals surface area contributed by atoms with Gasteiger partial charge in [-0.05, 0) is 19.3 Å². The first-order valence-corrected chi connectivity index (χ1v) is 9.06. The predicted octanol–water partition coefficient (Wildman–Crippen LogP) is 0.00930. The minimum absolute atomic E-state index is 0.0849. The Bertz CT molecular complexity index is 440. The molecule has 2 aliphatic rings. The minimum Gasteiger partial charge on any atom is -0.392 e. The van der Waals surface area contributed by atoms with Crippen LogP contribution in [0.5, 0.6) is 0 Å². The van der Waals surface area contributed by atoms with Gasteiger partial charge in [-0.1, -0.05) is 19.1 Å². The standard InChI is InChI=1S/C12H24N4O2S2/c1-2-11(12(13)19)14-7-9-16(10-8-14)20(17,18)15-5-3-4-6-15/h11H,2-10H2,1H3,(H2,13,19). The Kier molecular flexibility index (Phi) is 5.36. The van der Waals surface area contributed by atoms with Crippen LogP contribution < -0.4 is 5.73 Å². The van der Waals surface area contributed by atoms with Crippen LogP contribution in [-0.4, -0.2) is 72.2 Å². The van der Waals surface area contributed by atoms with Crippen LogP contribution in [0.3, 0.4) is 0 Å². The maximum absolute atomic E-state index is 12.5. The lowest BCUT2D eigenvalue weighted by Gasteiger charge is -2.39. The van der Waals surface area contributed by atoms with Crippen molar-refractivity contribution in [1.82, 2.24) is 13.5 Å². The molecule has 0 aromatic carbocycles. The van der Waals surface area contributed by atoms with Gasteiger partial charge in [-0.3, -0.25) is 4.90 Å². The molecule has 0 aliphatic carbocycles. The molecule has 0 bridgehead atoms. The fraction of sp³-hybridized carbons (Fsp3) is 0.917. The van der Waals surface area contributed by atoms with Gasteiger partial charge in [0.25, 0.3) is 10.2 Å². The van der Waals surface area contributed by atoms with Crippen LogP contribution in [0.1, 0.15) is 26.2 Å². The summed E-state index contributed by atoms with van der Waals surface area (Å²) in [6, 6.07) is 0.0849. The lowest BCUT2D eigenvalue weighted by Crippen LogP contribution is -2.56. The molecule has 2 N–H and O–H groups in total. The second-order valence-corrected chi connectivity index (χ2v) is 7.78. The molecule has 2 fully saturated rings. The van der Waals surface area contributed by atoms with Crippen LogP contribution in [0.15, 0.2) is 0 Å². The van der Waals surface area contributed by atoms with Crippen molar-refractivity contribution in [3.63, 3.8) is 0 Å². The van der Waals surface area contributed by atoms with E-state index in [1.807, 2.05) is 0 Å². The number of hydrogen-bond donors (Lipinski definition) is 1. The summed E-state index contributed by atoms with van der Waals surface area (Å²) in [5.74, 6) is 0. The quantitative estimate of drug-likeness (QED) is 0.723. The summed E-state index contributed by atoms with van der Waals surface area (Å²) in [6.07, 6.45) is 2.81. The second kappa shape index (κ2) is 6.65. The van der Waals surface area contributed by atoms with Crippen molar-refractivity contribution in [3.8, 4) is 0 Å². The molecule has 8 heteroatoms. The zero-order valence-electron chi connectivity index (χ0n) is 12.0. The Morgan fingerprint density at radius 1 is 1.10 bits per heavy atom. The monoisotopic (exact) mass is 320 g/mol. The highest BCUT2D eigenvalue weighted by Crippen LogP contribution is 2.19. The van der Waals surface area contributed by atoms with Gasteiger partial charge in [0.1, 0.15) is 0 Å². The number of rotatable bonds is 5. The normalized spacial score (nSPS) is 24.9. The van der Waals surface area contributed by atoms with E-state index < -0.39 is 10.2 Å². The summed E-state index contributed by atoms with van der Waals surface area (Å²) >= 11 is 5.08. The molecule has 2 rings (SSSR count). The van der Waals surface area contributed by atoms with Gasteiger partial charge in [0.15, 0.2) is 0 Å². The third-order valence-electron chi connectivity index (χ3n) is 4.15. The van der Waals surface area contributed by atoms with E-state index in [4.69, 9.17) is 18.0 Å². The highest BCUT2D eigenvalue weighted by molar-refractivity contribution is 7.86. The number of hydrogen-bond acceptors (Lipinski definition) is 4. The number of thiocarbonyl (C=S) groups is 1. The highest BCUT2D eigenvalue weighted by Gasteiger charge is 2.35. The predicted molar refractivity (Wildman–Crippen MR) is 83.7 cm³/mol. The molecule has 0 amide bonds. The van der Waals surface area contributed by atoms with E-state index in [1.54, 1.807) is 8.61 Å². The largest absolute Gasteiger partial charge is 0.392 e. The summed E-state index contributed by atoms with van der Waals surface area (Å²) in [5.41, 5.74) is 5.75. The van der Waals surface area contributed by atoms with Crippen molar-refractivity contribution in [2.45, 2.75) is 32.2 Å². The van der Waals surface area contributed by atoms with Crippen LogP contribution in [0.2, 0.25) is 0 Å². The molecule has 0 aromatic rings. The first-order valence-electron chi connectivity index (χ1n) is 7.25. The fourth-order valence-electron chi connectivity index (χ4n) is 2.97. The molecule has 0 saturated carbocycles. The van der Waals surface area contributed by atoms with Gasteiger partial charge in [0, 0.05) is 39.3 Å². The fourth-order valence-corrected chi connectivity index (χ4v) is 4.95. The number of nitrogens with two attached hydrogens (primary N) is 1. The molecular weight excluding hydrogens is 296 g/mol. The highest BCUT2D eigenvalue weighted by atomic mass is 32.2. The van der Waals surface area contributed by atoms with E-state index in [1.165, 1.54) is 0 Å². The summed E-state index contributed by atoms with van der Waals surface area (Å²) in [4.78, 5) is 2.70. The maximum atomic E-state index is 12.5. The molecule has 0 spiro atoms. The molecule has 2 saturated heterocycles. The Labute approximate surface area is 127 Å². The summed E-state index contributed by atoms with van der Waals surface area (Å²) < 4.78 is 28.1. The molecule has 2 heterocycles. The molecular formula is C12H24N4O2S2. The molecule has 0 aromatic heterocycles. The Balaban J connectivity index is 1.95. The average molecular weight is 320 g/mol. The Hall–Kier alpha value is -0.280. The van der Waals surface area contributed by atoms with Crippen LogP contribution >= 0.6 is 12.2 Å². The zero-order chi connectivity index (χ0) is 14.8. The number of piperazine rings is 1. The first kappa shape index (κ1) is 16.1. The van der Waals surface area contributed by atoms with Crippen LogP contribution in [0.25, 0.3) is 0 Å². The van der Waals surface area contributed by atoms with Crippen LogP contribution in [0.4, 0.5) is 0 Å². The molecule has 1 unspecified atom stereocenters. The van der Waals surface area contributed by atoms with Gasteiger partial charge in [0.2, 0.25) is 0 Å². The summed E-state index contributed by atoms with van der Waals surface area (Å²) in [5, 5.41) is 0. The van der Waals surface area contributed by atoms with E-state index >= 15 is 0 Å². The van der Waals surface area contributed by atoms with Gasteiger partial charge in [-0.2, -0.15) is 17.0 Å². The van der Waals surface area contributed by atoms with Crippen molar-refractivity contribution >= 4 is 27.4 Å². The molecule has 1 atom stereocenters. The van der Waals surface area contributed by atoms with Gasteiger partial charge >= 0.3 is 0 Å². The third kappa shape index (κ3) is 3.30. The van der Waals surface area contributed by atoms with E-state index in [-0.39, 0.29) is 6.04 Å². The van der Waals surface area contributed by atoms with Gasteiger partial charge in [-0.25, -0.2) is 0 Å². The van der Waals surface area contributed by atoms with Crippen LogP contribution in [0, 0.1) is 0 Å². The van der Waals surface area contributed by atoms with Gasteiger partial charge in [0.05, 0.1) is 11.0 Å². The first-order chi connectivity index (χ1) is 9.46. The van der Waals surface area contributed by atoms with E-state index in [9.17, 15) is 8.42 Å². The smallest absolute Gasteiger partial charge is 0.282 e. The molecule has 116 valence electrons. The van der Waals surface area contributed by atoms with E-state index in [2.05, 4.69) is 11.8 Å². The topological polar surface area (TPSA) is 69.9 Å². The molecule has 20 heavy (non-hydrogen) atoms. The van der Waals surface area contributed by atoms with Gasteiger partial charge in [-0.15, -0.1) is 0 Å². The van der Waals surface area contributed by atoms with Crippen molar-refractivity contribution in [3.05, 3.63) is 0 Å². The SMILES string of the molecule is CCC(C(N)=S)N1CCN(S(=O)(=O)N2CCCC2)CC1. The molecule has 0 radical (unpaired) electrons.